The van der Waals surface area contributed by atoms with Crippen molar-refractivity contribution in [3.05, 3.63) is 23.9 Å². The number of nitrogens with zero attached hydrogens (tertiary/aromatic N) is 1. The number of hydrogen-bond acceptors (Lipinski definition) is 4. The van der Waals surface area contributed by atoms with Crippen molar-refractivity contribution in [2.45, 2.75) is 25.4 Å². The number of aromatic nitrogens is 1. The molecule has 0 radical (unpaired) electrons. The summed E-state index contributed by atoms with van der Waals surface area (Å²) in [7, 11) is 0. The van der Waals surface area contributed by atoms with Gasteiger partial charge < -0.3 is 14.8 Å². The lowest BCUT2D eigenvalue weighted by molar-refractivity contribution is -0.154. The molecule has 1 aromatic rings. The maximum Gasteiger partial charge on any atom is 0.422 e. The van der Waals surface area contributed by atoms with Gasteiger partial charge in [-0.3, -0.25) is 4.79 Å². The van der Waals surface area contributed by atoms with Crippen LogP contribution in [0.4, 0.5) is 13.2 Å². The molecule has 2 rings (SSSR count). The Kier molecular flexibility index (Phi) is 6.20. The fourth-order valence-electron chi connectivity index (χ4n) is 1.77. The molecule has 0 aromatic carbocycles. The van der Waals surface area contributed by atoms with Gasteiger partial charge in [0.05, 0.1) is 5.56 Å². The van der Waals surface area contributed by atoms with Gasteiger partial charge >= 0.3 is 6.18 Å². The molecule has 0 spiro atoms. The zero-order valence-corrected chi connectivity index (χ0v) is 12.6. The second kappa shape index (κ2) is 8.14. The van der Waals surface area contributed by atoms with E-state index < -0.39 is 12.8 Å². The van der Waals surface area contributed by atoms with Gasteiger partial charge in [-0.2, -0.15) is 13.2 Å². The molecule has 0 bridgehead atoms. The maximum absolute atomic E-state index is 12.0. The van der Waals surface area contributed by atoms with Crippen molar-refractivity contribution in [3.8, 4) is 5.88 Å². The third-order valence-corrected chi connectivity index (χ3v) is 3.18. The first-order valence-corrected chi connectivity index (χ1v) is 7.45. The van der Waals surface area contributed by atoms with Crippen molar-refractivity contribution in [1.29, 1.82) is 0 Å². The van der Waals surface area contributed by atoms with E-state index in [0.717, 1.165) is 6.61 Å². The summed E-state index contributed by atoms with van der Waals surface area (Å²) in [5.41, 5.74) is 0.267. The van der Waals surface area contributed by atoms with Crippen LogP contribution in [-0.4, -0.2) is 43.4 Å². The van der Waals surface area contributed by atoms with Gasteiger partial charge in [-0.1, -0.05) is 0 Å². The van der Waals surface area contributed by atoms with Crippen LogP contribution in [-0.2, 0) is 4.74 Å². The average Bonchev–Trinajstić information content (AvgIpc) is 3.32. The van der Waals surface area contributed by atoms with E-state index in [9.17, 15) is 18.0 Å². The third-order valence-electron chi connectivity index (χ3n) is 3.18. The molecule has 1 saturated carbocycles. The minimum Gasteiger partial charge on any atom is -0.468 e. The molecule has 1 aliphatic carbocycles. The zero-order chi connectivity index (χ0) is 16.7. The number of ether oxygens (including phenoxy) is 2. The highest BCUT2D eigenvalue weighted by Crippen LogP contribution is 2.28. The zero-order valence-electron chi connectivity index (χ0n) is 12.6. The van der Waals surface area contributed by atoms with Crippen molar-refractivity contribution >= 4 is 5.91 Å². The fourth-order valence-corrected chi connectivity index (χ4v) is 1.77. The molecule has 1 aliphatic rings. The summed E-state index contributed by atoms with van der Waals surface area (Å²) in [6.07, 6.45) is -0.0402. The van der Waals surface area contributed by atoms with E-state index in [0.29, 0.717) is 25.5 Å². The molecule has 5 nitrogen and oxygen atoms in total. The molecule has 1 aromatic heterocycles. The third kappa shape index (κ3) is 7.32. The average molecular weight is 332 g/mol. The summed E-state index contributed by atoms with van der Waals surface area (Å²) in [6, 6.07) is 2.61. The van der Waals surface area contributed by atoms with Crippen molar-refractivity contribution in [1.82, 2.24) is 10.3 Å². The second-order valence-corrected chi connectivity index (χ2v) is 5.42. The number of carbonyl (C=O) groups is 1. The van der Waals surface area contributed by atoms with E-state index in [-0.39, 0.29) is 17.4 Å². The van der Waals surface area contributed by atoms with Crippen LogP contribution in [0.15, 0.2) is 18.3 Å². The van der Waals surface area contributed by atoms with E-state index >= 15 is 0 Å². The molecule has 23 heavy (non-hydrogen) atoms. The number of alkyl halides is 3. The summed E-state index contributed by atoms with van der Waals surface area (Å²) in [6.45, 7) is 0.443. The Morgan fingerprint density at radius 3 is 2.74 bits per heavy atom. The Labute approximate surface area is 132 Å². The minimum atomic E-state index is -4.42. The van der Waals surface area contributed by atoms with Crippen LogP contribution >= 0.6 is 0 Å². The van der Waals surface area contributed by atoms with E-state index in [4.69, 9.17) is 4.74 Å². The number of nitrogens with one attached hydrogen (secondary N) is 1. The van der Waals surface area contributed by atoms with Crippen molar-refractivity contribution in [3.63, 3.8) is 0 Å². The van der Waals surface area contributed by atoms with Crippen molar-refractivity contribution in [2.75, 3.05) is 26.4 Å². The van der Waals surface area contributed by atoms with E-state index in [1.807, 2.05) is 0 Å². The van der Waals surface area contributed by atoms with Crippen LogP contribution < -0.4 is 10.1 Å². The predicted octanol–water partition coefficient (Wildman–Crippen LogP) is 2.57. The Morgan fingerprint density at radius 1 is 1.35 bits per heavy atom. The lowest BCUT2D eigenvalue weighted by Gasteiger charge is -2.09. The fraction of sp³-hybridized carbons (Fsp3) is 0.600. The van der Waals surface area contributed by atoms with Crippen LogP contribution in [0.2, 0.25) is 0 Å². The Hall–Kier alpha value is -1.83. The topological polar surface area (TPSA) is 60.5 Å². The molecule has 1 heterocycles. The van der Waals surface area contributed by atoms with Gasteiger partial charge in [0.25, 0.3) is 5.91 Å². The largest absolute Gasteiger partial charge is 0.468 e. The lowest BCUT2D eigenvalue weighted by Crippen LogP contribution is -2.25. The molecule has 0 atom stereocenters. The summed E-state index contributed by atoms with van der Waals surface area (Å²) in [5.74, 6) is 0.211. The number of rotatable bonds is 9. The molecule has 0 saturated heterocycles. The van der Waals surface area contributed by atoms with Gasteiger partial charge in [0.1, 0.15) is 0 Å². The number of pyridine rings is 1. The van der Waals surface area contributed by atoms with Crippen LogP contribution in [0.5, 0.6) is 5.88 Å². The Morgan fingerprint density at radius 2 is 2.13 bits per heavy atom. The number of hydrogen-bond donors (Lipinski definition) is 1. The van der Waals surface area contributed by atoms with Crippen LogP contribution in [0.1, 0.15) is 29.6 Å². The van der Waals surface area contributed by atoms with E-state index in [2.05, 4.69) is 15.0 Å². The van der Waals surface area contributed by atoms with Gasteiger partial charge in [-0.05, 0) is 31.2 Å². The Balaban J connectivity index is 1.63. The van der Waals surface area contributed by atoms with Crippen molar-refractivity contribution in [2.24, 2.45) is 5.92 Å². The molecule has 1 amide bonds. The van der Waals surface area contributed by atoms with E-state index in [1.54, 1.807) is 0 Å². The van der Waals surface area contributed by atoms with Crippen LogP contribution in [0.3, 0.4) is 0 Å². The highest BCUT2D eigenvalue weighted by atomic mass is 19.4. The van der Waals surface area contributed by atoms with Gasteiger partial charge in [-0.25, -0.2) is 4.98 Å². The number of carbonyl (C=O) groups excluding carboxylic acids is 1. The summed E-state index contributed by atoms with van der Waals surface area (Å²) in [4.78, 5) is 15.5. The quantitative estimate of drug-likeness (QED) is 0.706. The molecule has 0 aliphatic heterocycles. The molecular weight excluding hydrogens is 313 g/mol. The maximum atomic E-state index is 12.0. The SMILES string of the molecule is O=C(NCCCOCC1CC1)c1ccc(OCC(F)(F)F)nc1. The molecule has 1 N–H and O–H groups in total. The highest BCUT2D eigenvalue weighted by Gasteiger charge is 2.28. The van der Waals surface area contributed by atoms with Crippen molar-refractivity contribution < 1.29 is 27.4 Å². The molecule has 128 valence electrons. The van der Waals surface area contributed by atoms with Gasteiger partial charge in [0.15, 0.2) is 6.61 Å². The van der Waals surface area contributed by atoms with Crippen LogP contribution in [0.25, 0.3) is 0 Å². The van der Waals surface area contributed by atoms with E-state index in [1.165, 1.54) is 31.2 Å². The summed E-state index contributed by atoms with van der Waals surface area (Å²) < 4.78 is 45.9. The first kappa shape index (κ1) is 17.5. The predicted molar refractivity (Wildman–Crippen MR) is 76.3 cm³/mol. The monoisotopic (exact) mass is 332 g/mol. The van der Waals surface area contributed by atoms with Gasteiger partial charge in [0, 0.05) is 32.0 Å². The minimum absolute atomic E-state index is 0.174. The van der Waals surface area contributed by atoms with Gasteiger partial charge in [-0.15, -0.1) is 0 Å². The molecule has 8 heteroatoms. The summed E-state index contributed by atoms with van der Waals surface area (Å²) in [5, 5.41) is 2.70. The normalized spacial score (nSPS) is 14.6. The molecule has 0 unspecified atom stereocenters. The van der Waals surface area contributed by atoms with Crippen LogP contribution in [0, 0.1) is 5.92 Å². The standard InChI is InChI=1S/C15H19F3N2O3/c16-15(17,18)10-23-13-5-4-12(8-20-13)14(21)19-6-1-7-22-9-11-2-3-11/h4-5,8,11H,1-3,6-7,9-10H2,(H,19,21). The first-order chi connectivity index (χ1) is 10.9. The Bertz CT molecular complexity index is 502. The first-order valence-electron chi connectivity index (χ1n) is 7.45. The lowest BCUT2D eigenvalue weighted by atomic mass is 10.2. The smallest absolute Gasteiger partial charge is 0.422 e. The number of amides is 1. The molecule has 1 fully saturated rings. The second-order valence-electron chi connectivity index (χ2n) is 5.42. The molecular formula is C15H19F3N2O3. The summed E-state index contributed by atoms with van der Waals surface area (Å²) >= 11 is 0. The highest BCUT2D eigenvalue weighted by molar-refractivity contribution is 5.93. The van der Waals surface area contributed by atoms with Gasteiger partial charge in [0.2, 0.25) is 5.88 Å². The number of halogens is 3.